The lowest BCUT2D eigenvalue weighted by molar-refractivity contribution is 1.38. The van der Waals surface area contributed by atoms with Crippen molar-refractivity contribution >= 4 is 46.3 Å². The Balaban J connectivity index is 2.16. The number of hydrogen-bond donors (Lipinski definition) is 2. The number of rotatable bonds is 3. The van der Waals surface area contributed by atoms with Crippen LogP contribution >= 0.6 is 35.0 Å². The van der Waals surface area contributed by atoms with Gasteiger partial charge >= 0.3 is 0 Å². The molecule has 18 heavy (non-hydrogen) atoms. The molecule has 0 unspecified atom stereocenters. The van der Waals surface area contributed by atoms with Crippen LogP contribution in [0.5, 0.6) is 0 Å². The Kier molecular flexibility index (Phi) is 4.27. The van der Waals surface area contributed by atoms with Crippen molar-refractivity contribution in [2.45, 2.75) is 10.6 Å². The fourth-order valence-electron chi connectivity index (χ4n) is 1.49. The third-order valence-corrected chi connectivity index (χ3v) is 4.32. The molecule has 0 spiro atoms. The summed E-state index contributed by atoms with van der Waals surface area (Å²) in [7, 11) is 0. The van der Waals surface area contributed by atoms with Gasteiger partial charge in [-0.05, 0) is 42.0 Å². The molecule has 0 atom stereocenters. The first-order valence-corrected chi connectivity index (χ1v) is 7.02. The second-order valence-electron chi connectivity index (χ2n) is 3.83. The summed E-state index contributed by atoms with van der Waals surface area (Å²) in [5.74, 6) is 0.701. The largest absolute Gasteiger partial charge is 0.399 e. The predicted octanol–water partition coefficient (Wildman–Crippen LogP) is 4.45. The van der Waals surface area contributed by atoms with E-state index in [1.807, 2.05) is 12.1 Å². The number of halogens is 2. The topological polar surface area (TPSA) is 52.0 Å². The van der Waals surface area contributed by atoms with Crippen LogP contribution < -0.4 is 11.5 Å². The Morgan fingerprint density at radius 1 is 0.889 bits per heavy atom. The first-order chi connectivity index (χ1) is 8.56. The molecular weight excluding hydrogens is 287 g/mol. The molecule has 94 valence electrons. The molecule has 4 N–H and O–H groups in total. The van der Waals surface area contributed by atoms with Gasteiger partial charge in [0.15, 0.2) is 0 Å². The molecule has 2 nitrogen and oxygen atoms in total. The second-order valence-corrected chi connectivity index (χ2v) is 5.66. The summed E-state index contributed by atoms with van der Waals surface area (Å²) >= 11 is 13.8. The van der Waals surface area contributed by atoms with Gasteiger partial charge in [-0.1, -0.05) is 23.2 Å². The molecule has 0 aliphatic heterocycles. The van der Waals surface area contributed by atoms with Crippen LogP contribution in [0.25, 0.3) is 0 Å². The van der Waals surface area contributed by atoms with E-state index in [-0.39, 0.29) is 0 Å². The van der Waals surface area contributed by atoms with Crippen LogP contribution in [-0.4, -0.2) is 0 Å². The van der Waals surface area contributed by atoms with Crippen molar-refractivity contribution in [3.8, 4) is 0 Å². The average molecular weight is 299 g/mol. The van der Waals surface area contributed by atoms with Crippen LogP contribution in [0.1, 0.15) is 5.56 Å². The maximum absolute atomic E-state index is 6.11. The smallest absolute Gasteiger partial charge is 0.0543 e. The minimum atomic E-state index is 0.689. The minimum Gasteiger partial charge on any atom is -0.399 e. The molecule has 2 aromatic rings. The van der Waals surface area contributed by atoms with E-state index >= 15 is 0 Å². The summed E-state index contributed by atoms with van der Waals surface area (Å²) in [6.45, 7) is 0. The molecule has 0 heterocycles. The molecule has 2 aromatic carbocycles. The first-order valence-electron chi connectivity index (χ1n) is 5.28. The van der Waals surface area contributed by atoms with E-state index in [0.29, 0.717) is 27.2 Å². The van der Waals surface area contributed by atoms with Crippen molar-refractivity contribution < 1.29 is 0 Å². The van der Waals surface area contributed by atoms with Gasteiger partial charge in [0.05, 0.1) is 5.02 Å². The summed E-state index contributed by atoms with van der Waals surface area (Å²) in [6, 6.07) is 10.9. The van der Waals surface area contributed by atoms with E-state index in [4.69, 9.17) is 34.7 Å². The number of anilines is 2. The Morgan fingerprint density at radius 3 is 2.22 bits per heavy atom. The van der Waals surface area contributed by atoms with Gasteiger partial charge in [0.1, 0.15) is 0 Å². The van der Waals surface area contributed by atoms with Crippen molar-refractivity contribution in [3.05, 3.63) is 52.0 Å². The first kappa shape index (κ1) is 13.4. The SMILES string of the molecule is Nc1ccc(Cl)c(CSc2cc(N)ccc2Cl)c1. The highest BCUT2D eigenvalue weighted by Crippen LogP contribution is 2.33. The zero-order chi connectivity index (χ0) is 13.1. The second kappa shape index (κ2) is 5.74. The van der Waals surface area contributed by atoms with E-state index in [2.05, 4.69) is 0 Å². The Morgan fingerprint density at radius 2 is 1.50 bits per heavy atom. The van der Waals surface area contributed by atoms with Crippen molar-refractivity contribution in [3.63, 3.8) is 0 Å². The third kappa shape index (κ3) is 3.25. The maximum atomic E-state index is 6.11. The quantitative estimate of drug-likeness (QED) is 0.650. The number of benzene rings is 2. The van der Waals surface area contributed by atoms with E-state index in [1.54, 1.807) is 36.0 Å². The zero-order valence-corrected chi connectivity index (χ0v) is 11.8. The highest BCUT2D eigenvalue weighted by molar-refractivity contribution is 7.98. The molecule has 0 aromatic heterocycles. The number of thioether (sulfide) groups is 1. The van der Waals surface area contributed by atoms with Crippen LogP contribution in [0.2, 0.25) is 10.0 Å². The fourth-order valence-corrected chi connectivity index (χ4v) is 3.01. The zero-order valence-electron chi connectivity index (χ0n) is 9.49. The highest BCUT2D eigenvalue weighted by Gasteiger charge is 2.05. The summed E-state index contributed by atoms with van der Waals surface area (Å²) in [4.78, 5) is 0.940. The lowest BCUT2D eigenvalue weighted by Gasteiger charge is -2.07. The number of nitrogen functional groups attached to an aromatic ring is 2. The molecule has 2 rings (SSSR count). The molecule has 0 radical (unpaired) electrons. The summed E-state index contributed by atoms with van der Waals surface area (Å²) in [5.41, 5.74) is 13.9. The van der Waals surface area contributed by atoms with Crippen molar-refractivity contribution in [2.24, 2.45) is 0 Å². The van der Waals surface area contributed by atoms with E-state index in [9.17, 15) is 0 Å². The van der Waals surface area contributed by atoms with Gasteiger partial charge in [-0.25, -0.2) is 0 Å². The van der Waals surface area contributed by atoms with Gasteiger partial charge in [-0.3, -0.25) is 0 Å². The standard InChI is InChI=1S/C13H12Cl2N2S/c14-11-3-1-9(16)5-8(11)7-18-13-6-10(17)2-4-12(13)15/h1-6H,7,16-17H2. The summed E-state index contributed by atoms with van der Waals surface area (Å²) < 4.78 is 0. The molecule has 0 amide bonds. The van der Waals surface area contributed by atoms with Crippen LogP contribution in [0.4, 0.5) is 11.4 Å². The molecular formula is C13H12Cl2N2S. The molecule has 0 saturated carbocycles. The minimum absolute atomic E-state index is 0.689. The Bertz CT molecular complexity index is 521. The lowest BCUT2D eigenvalue weighted by atomic mass is 10.2. The van der Waals surface area contributed by atoms with Crippen LogP contribution in [0.15, 0.2) is 41.3 Å². The maximum Gasteiger partial charge on any atom is 0.0543 e. The van der Waals surface area contributed by atoms with Crippen molar-refractivity contribution in [1.29, 1.82) is 0 Å². The average Bonchev–Trinajstić information content (AvgIpc) is 2.34. The molecule has 0 fully saturated rings. The van der Waals surface area contributed by atoms with Gasteiger partial charge < -0.3 is 11.5 Å². The monoisotopic (exact) mass is 298 g/mol. The van der Waals surface area contributed by atoms with Gasteiger partial charge in [0, 0.05) is 27.0 Å². The summed E-state index contributed by atoms with van der Waals surface area (Å²) in [5, 5.41) is 1.39. The molecule has 0 saturated heterocycles. The van der Waals surface area contributed by atoms with E-state index in [0.717, 1.165) is 10.5 Å². The van der Waals surface area contributed by atoms with Gasteiger partial charge in [-0.15, -0.1) is 11.8 Å². The predicted molar refractivity (Wildman–Crippen MR) is 81.3 cm³/mol. The molecule has 0 aliphatic rings. The molecule has 0 bridgehead atoms. The summed E-state index contributed by atoms with van der Waals surface area (Å²) in [6.07, 6.45) is 0. The molecule has 5 heteroatoms. The van der Waals surface area contributed by atoms with Gasteiger partial charge in [-0.2, -0.15) is 0 Å². The number of nitrogens with two attached hydrogens (primary N) is 2. The van der Waals surface area contributed by atoms with E-state index in [1.165, 1.54) is 0 Å². The lowest BCUT2D eigenvalue weighted by Crippen LogP contribution is -1.90. The highest BCUT2D eigenvalue weighted by atomic mass is 35.5. The van der Waals surface area contributed by atoms with Crippen LogP contribution in [0, 0.1) is 0 Å². The van der Waals surface area contributed by atoms with Crippen LogP contribution in [0.3, 0.4) is 0 Å². The van der Waals surface area contributed by atoms with E-state index < -0.39 is 0 Å². The van der Waals surface area contributed by atoms with Crippen molar-refractivity contribution in [2.75, 3.05) is 11.5 Å². The Hall–Kier alpha value is -1.03. The molecule has 0 aliphatic carbocycles. The van der Waals surface area contributed by atoms with Gasteiger partial charge in [0.25, 0.3) is 0 Å². The van der Waals surface area contributed by atoms with Gasteiger partial charge in [0.2, 0.25) is 0 Å². The third-order valence-electron chi connectivity index (χ3n) is 2.41. The normalized spacial score (nSPS) is 10.6. The van der Waals surface area contributed by atoms with Crippen LogP contribution in [-0.2, 0) is 5.75 Å². The fraction of sp³-hybridized carbons (Fsp3) is 0.0769. The Labute approximate surface area is 120 Å². The number of hydrogen-bond acceptors (Lipinski definition) is 3. The van der Waals surface area contributed by atoms with Crippen molar-refractivity contribution in [1.82, 2.24) is 0 Å².